The SMILES string of the molecule is Cc1cc(Oc2cc(F)cc(CO)c2)c(F)cc1[N+](=O)[O-]. The molecule has 0 unspecified atom stereocenters. The molecule has 0 heterocycles. The molecule has 5 nitrogen and oxygen atoms in total. The summed E-state index contributed by atoms with van der Waals surface area (Å²) in [5, 5.41) is 19.7. The lowest BCUT2D eigenvalue weighted by Crippen LogP contribution is -1.96. The Hall–Kier alpha value is -2.54. The number of halogens is 2. The largest absolute Gasteiger partial charge is 0.454 e. The van der Waals surface area contributed by atoms with Gasteiger partial charge in [-0.1, -0.05) is 0 Å². The van der Waals surface area contributed by atoms with Gasteiger partial charge < -0.3 is 9.84 Å². The molecule has 2 aromatic carbocycles. The molecule has 0 spiro atoms. The molecule has 0 amide bonds. The molecule has 0 radical (unpaired) electrons. The molecule has 0 aliphatic carbocycles. The molecule has 110 valence electrons. The van der Waals surface area contributed by atoms with E-state index in [0.717, 1.165) is 24.3 Å². The van der Waals surface area contributed by atoms with Crippen molar-refractivity contribution in [3.8, 4) is 11.5 Å². The summed E-state index contributed by atoms with van der Waals surface area (Å²) in [5.41, 5.74) is 0.120. The highest BCUT2D eigenvalue weighted by Gasteiger charge is 2.17. The first-order valence-corrected chi connectivity index (χ1v) is 5.93. The van der Waals surface area contributed by atoms with Gasteiger partial charge >= 0.3 is 0 Å². The summed E-state index contributed by atoms with van der Waals surface area (Å²) in [6, 6.07) is 5.40. The van der Waals surface area contributed by atoms with E-state index in [1.54, 1.807) is 0 Å². The number of benzene rings is 2. The molecule has 0 aromatic heterocycles. The summed E-state index contributed by atoms with van der Waals surface area (Å²) in [6.45, 7) is 1.05. The Morgan fingerprint density at radius 2 is 1.95 bits per heavy atom. The van der Waals surface area contributed by atoms with E-state index in [2.05, 4.69) is 0 Å². The van der Waals surface area contributed by atoms with E-state index in [1.807, 2.05) is 0 Å². The maximum Gasteiger partial charge on any atom is 0.275 e. The number of hydrogen-bond donors (Lipinski definition) is 1. The van der Waals surface area contributed by atoms with Crippen molar-refractivity contribution in [2.45, 2.75) is 13.5 Å². The zero-order valence-corrected chi connectivity index (χ0v) is 11.0. The fraction of sp³-hybridized carbons (Fsp3) is 0.143. The molecule has 0 aliphatic rings. The average molecular weight is 295 g/mol. The van der Waals surface area contributed by atoms with Gasteiger partial charge in [0.05, 0.1) is 17.6 Å². The summed E-state index contributed by atoms with van der Waals surface area (Å²) < 4.78 is 32.3. The van der Waals surface area contributed by atoms with E-state index in [-0.39, 0.29) is 28.3 Å². The number of hydrogen-bond acceptors (Lipinski definition) is 4. The summed E-state index contributed by atoms with van der Waals surface area (Å²) in [5.74, 6) is -1.84. The minimum atomic E-state index is -0.929. The molecular weight excluding hydrogens is 284 g/mol. The predicted octanol–water partition coefficient (Wildman–Crippen LogP) is 3.47. The molecule has 0 bridgehead atoms. The highest BCUT2D eigenvalue weighted by atomic mass is 19.1. The zero-order chi connectivity index (χ0) is 15.6. The van der Waals surface area contributed by atoms with Gasteiger partial charge in [-0.2, -0.15) is 0 Å². The first-order chi connectivity index (χ1) is 9.90. The topological polar surface area (TPSA) is 72.6 Å². The van der Waals surface area contributed by atoms with Gasteiger partial charge in [-0.15, -0.1) is 0 Å². The highest BCUT2D eigenvalue weighted by Crippen LogP contribution is 2.31. The van der Waals surface area contributed by atoms with Gasteiger partial charge in [-0.3, -0.25) is 10.1 Å². The summed E-state index contributed by atoms with van der Waals surface area (Å²) in [7, 11) is 0. The molecule has 0 atom stereocenters. The van der Waals surface area contributed by atoms with E-state index < -0.39 is 23.2 Å². The molecule has 0 saturated carbocycles. The van der Waals surface area contributed by atoms with Gasteiger partial charge in [0.15, 0.2) is 11.6 Å². The fourth-order valence-corrected chi connectivity index (χ4v) is 1.82. The van der Waals surface area contributed by atoms with Crippen LogP contribution < -0.4 is 4.74 Å². The van der Waals surface area contributed by atoms with Crippen LogP contribution in [0.15, 0.2) is 30.3 Å². The lowest BCUT2D eigenvalue weighted by Gasteiger charge is -2.09. The molecule has 1 N–H and O–H groups in total. The summed E-state index contributed by atoms with van der Waals surface area (Å²) in [4.78, 5) is 9.99. The van der Waals surface area contributed by atoms with Crippen molar-refractivity contribution in [3.05, 3.63) is 63.2 Å². The number of aryl methyl sites for hydroxylation is 1. The van der Waals surface area contributed by atoms with Crippen molar-refractivity contribution in [1.29, 1.82) is 0 Å². The normalized spacial score (nSPS) is 10.5. The molecule has 0 fully saturated rings. The third-order valence-electron chi connectivity index (χ3n) is 2.79. The van der Waals surface area contributed by atoms with Gasteiger partial charge in [-0.05, 0) is 30.7 Å². The quantitative estimate of drug-likeness (QED) is 0.692. The van der Waals surface area contributed by atoms with Crippen molar-refractivity contribution in [2.75, 3.05) is 0 Å². The number of ether oxygens (including phenoxy) is 1. The second kappa shape index (κ2) is 5.84. The Labute approximate surface area is 118 Å². The first-order valence-electron chi connectivity index (χ1n) is 5.93. The van der Waals surface area contributed by atoms with Crippen LogP contribution in [0, 0.1) is 28.7 Å². The van der Waals surface area contributed by atoms with Crippen LogP contribution in [0.2, 0.25) is 0 Å². The molecular formula is C14H11F2NO4. The summed E-state index contributed by atoms with van der Waals surface area (Å²) >= 11 is 0. The van der Waals surface area contributed by atoms with E-state index in [0.29, 0.717) is 0 Å². The Bertz CT molecular complexity index is 704. The molecule has 2 aromatic rings. The molecule has 0 aliphatic heterocycles. The first kappa shape index (κ1) is 14.9. The van der Waals surface area contributed by atoms with Gasteiger partial charge in [0.1, 0.15) is 11.6 Å². The highest BCUT2D eigenvalue weighted by molar-refractivity contribution is 5.47. The van der Waals surface area contributed by atoms with Crippen molar-refractivity contribution >= 4 is 5.69 Å². The average Bonchev–Trinajstić information content (AvgIpc) is 2.41. The standard InChI is InChI=1S/C14H11F2NO4/c1-8-2-14(12(16)6-13(8)17(19)20)21-11-4-9(7-18)3-10(15)5-11/h2-6,18H,7H2,1H3. The van der Waals surface area contributed by atoms with Crippen LogP contribution >= 0.6 is 0 Å². The Balaban J connectivity index is 2.38. The van der Waals surface area contributed by atoms with E-state index in [9.17, 15) is 18.9 Å². The predicted molar refractivity (Wildman–Crippen MR) is 70.2 cm³/mol. The van der Waals surface area contributed by atoms with Crippen molar-refractivity contribution in [2.24, 2.45) is 0 Å². The smallest absolute Gasteiger partial charge is 0.275 e. The fourth-order valence-electron chi connectivity index (χ4n) is 1.82. The Morgan fingerprint density at radius 3 is 2.57 bits per heavy atom. The zero-order valence-electron chi connectivity index (χ0n) is 11.0. The van der Waals surface area contributed by atoms with Crippen molar-refractivity contribution in [3.63, 3.8) is 0 Å². The molecule has 7 heteroatoms. The van der Waals surface area contributed by atoms with Crippen LogP contribution in [0.5, 0.6) is 11.5 Å². The van der Waals surface area contributed by atoms with Gasteiger partial charge in [0.2, 0.25) is 0 Å². The number of aliphatic hydroxyl groups is 1. The lowest BCUT2D eigenvalue weighted by molar-refractivity contribution is -0.385. The van der Waals surface area contributed by atoms with Crippen LogP contribution in [0.3, 0.4) is 0 Å². The molecule has 21 heavy (non-hydrogen) atoms. The van der Waals surface area contributed by atoms with Crippen LogP contribution in [0.25, 0.3) is 0 Å². The number of nitro benzene ring substituents is 1. The van der Waals surface area contributed by atoms with Crippen LogP contribution in [0.4, 0.5) is 14.5 Å². The number of nitrogens with zero attached hydrogens (tertiary/aromatic N) is 1. The maximum atomic E-state index is 13.8. The number of rotatable bonds is 4. The van der Waals surface area contributed by atoms with Crippen LogP contribution in [-0.2, 0) is 6.61 Å². The minimum absolute atomic E-state index is 0.00815. The molecule has 2 rings (SSSR count). The number of aliphatic hydroxyl groups excluding tert-OH is 1. The second-order valence-corrected chi connectivity index (χ2v) is 4.38. The van der Waals surface area contributed by atoms with Gasteiger partial charge in [-0.25, -0.2) is 8.78 Å². The van der Waals surface area contributed by atoms with Gasteiger partial charge in [0, 0.05) is 11.6 Å². The third kappa shape index (κ3) is 3.32. The van der Waals surface area contributed by atoms with E-state index in [1.165, 1.54) is 13.0 Å². The lowest BCUT2D eigenvalue weighted by atomic mass is 10.2. The van der Waals surface area contributed by atoms with E-state index >= 15 is 0 Å². The Morgan fingerprint density at radius 1 is 1.24 bits per heavy atom. The summed E-state index contributed by atoms with van der Waals surface area (Å²) in [6.07, 6.45) is 0. The minimum Gasteiger partial charge on any atom is -0.454 e. The second-order valence-electron chi connectivity index (χ2n) is 4.38. The third-order valence-corrected chi connectivity index (χ3v) is 2.79. The van der Waals surface area contributed by atoms with E-state index in [4.69, 9.17) is 9.84 Å². The van der Waals surface area contributed by atoms with Crippen molar-refractivity contribution in [1.82, 2.24) is 0 Å². The molecule has 0 saturated heterocycles. The van der Waals surface area contributed by atoms with Crippen LogP contribution in [0.1, 0.15) is 11.1 Å². The van der Waals surface area contributed by atoms with Crippen molar-refractivity contribution < 1.29 is 23.5 Å². The monoisotopic (exact) mass is 295 g/mol. The maximum absolute atomic E-state index is 13.8. The Kier molecular flexibility index (Phi) is 4.13. The number of nitro groups is 1. The van der Waals surface area contributed by atoms with Crippen LogP contribution in [-0.4, -0.2) is 10.0 Å². The van der Waals surface area contributed by atoms with Gasteiger partial charge in [0.25, 0.3) is 5.69 Å².